The van der Waals surface area contributed by atoms with Crippen molar-refractivity contribution in [3.05, 3.63) is 28.3 Å². The minimum Gasteiger partial charge on any atom is -0.352 e. The first kappa shape index (κ1) is 15.6. The lowest BCUT2D eigenvalue weighted by atomic mass is 10.1. The van der Waals surface area contributed by atoms with Gasteiger partial charge in [0.25, 0.3) is 0 Å². The second-order valence-corrected chi connectivity index (χ2v) is 5.83. The molecule has 1 aliphatic rings. The van der Waals surface area contributed by atoms with Crippen molar-refractivity contribution < 1.29 is 9.59 Å². The van der Waals surface area contributed by atoms with Crippen LogP contribution in [0.25, 0.3) is 0 Å². The van der Waals surface area contributed by atoms with Crippen molar-refractivity contribution >= 4 is 29.2 Å². The summed E-state index contributed by atoms with van der Waals surface area (Å²) < 4.78 is 0. The summed E-state index contributed by atoms with van der Waals surface area (Å²) in [4.78, 5) is 25.1. The number of halogens is 1. The zero-order chi connectivity index (χ0) is 15.6. The van der Waals surface area contributed by atoms with Crippen LogP contribution in [0.2, 0.25) is 5.02 Å². The first-order valence-electron chi connectivity index (χ1n) is 6.97. The molecule has 1 atom stereocenters. The zero-order valence-electron chi connectivity index (χ0n) is 12.5. The van der Waals surface area contributed by atoms with Crippen LogP contribution < -0.4 is 10.6 Å². The Balaban J connectivity index is 2.03. The summed E-state index contributed by atoms with van der Waals surface area (Å²) in [5, 5.41) is 6.40. The number of rotatable bonds is 2. The van der Waals surface area contributed by atoms with Gasteiger partial charge in [-0.3, -0.25) is 4.79 Å². The van der Waals surface area contributed by atoms with E-state index in [1.165, 1.54) is 6.92 Å². The molecule has 3 amide bonds. The van der Waals surface area contributed by atoms with Gasteiger partial charge in [-0.2, -0.15) is 0 Å². The Morgan fingerprint density at radius 2 is 2.05 bits per heavy atom. The number of hydrogen-bond acceptors (Lipinski definition) is 2. The molecular formula is C15H20ClN3O2. The van der Waals surface area contributed by atoms with E-state index in [1.807, 2.05) is 26.0 Å². The maximum Gasteiger partial charge on any atom is 0.321 e. The summed E-state index contributed by atoms with van der Waals surface area (Å²) in [5.74, 6) is -0.0659. The summed E-state index contributed by atoms with van der Waals surface area (Å²) >= 11 is 6.10. The second-order valence-electron chi connectivity index (χ2n) is 5.43. The fraction of sp³-hybridized carbons (Fsp3) is 0.467. The van der Waals surface area contributed by atoms with Crippen molar-refractivity contribution in [2.75, 3.05) is 18.4 Å². The van der Waals surface area contributed by atoms with Gasteiger partial charge in [0.05, 0.1) is 0 Å². The second kappa shape index (κ2) is 6.35. The summed E-state index contributed by atoms with van der Waals surface area (Å²) in [5.41, 5.74) is 2.60. The van der Waals surface area contributed by atoms with Gasteiger partial charge in [-0.1, -0.05) is 17.7 Å². The third-order valence-corrected chi connectivity index (χ3v) is 4.13. The highest BCUT2D eigenvalue weighted by Crippen LogP contribution is 2.27. The summed E-state index contributed by atoms with van der Waals surface area (Å²) in [6.45, 7) is 6.47. The van der Waals surface area contributed by atoms with Crippen LogP contribution in [0.4, 0.5) is 10.5 Å². The molecule has 2 N–H and O–H groups in total. The Morgan fingerprint density at radius 1 is 1.33 bits per heavy atom. The van der Waals surface area contributed by atoms with Gasteiger partial charge in [0.15, 0.2) is 0 Å². The number of carbonyl (C=O) groups excluding carboxylic acids is 2. The molecule has 0 spiro atoms. The molecule has 0 radical (unpaired) electrons. The monoisotopic (exact) mass is 309 g/mol. The van der Waals surface area contributed by atoms with Crippen LogP contribution in [0, 0.1) is 13.8 Å². The van der Waals surface area contributed by atoms with E-state index in [4.69, 9.17) is 11.6 Å². The first-order chi connectivity index (χ1) is 9.88. The molecule has 1 saturated heterocycles. The molecule has 1 aliphatic heterocycles. The normalized spacial score (nSPS) is 17.7. The number of aryl methyl sites for hydroxylation is 1. The molecule has 5 nitrogen and oxygen atoms in total. The minimum atomic E-state index is -0.156. The third-order valence-electron chi connectivity index (χ3n) is 3.72. The number of amides is 3. The number of hydrogen-bond donors (Lipinski definition) is 2. The quantitative estimate of drug-likeness (QED) is 0.882. The van der Waals surface area contributed by atoms with Gasteiger partial charge in [0.1, 0.15) is 0 Å². The number of urea groups is 1. The Kier molecular flexibility index (Phi) is 4.73. The Bertz CT molecular complexity index is 574. The van der Waals surface area contributed by atoms with E-state index >= 15 is 0 Å². The topological polar surface area (TPSA) is 61.4 Å². The number of benzene rings is 1. The van der Waals surface area contributed by atoms with E-state index in [1.54, 1.807) is 4.90 Å². The standard InChI is InChI=1S/C15H20ClN3O2/c1-9-4-5-13(16)10(2)14(9)18-15(21)19-7-6-12(8-19)17-11(3)20/h4-5,12H,6-8H2,1-3H3,(H,17,20)(H,18,21). The predicted octanol–water partition coefficient (Wildman–Crippen LogP) is 2.70. The predicted molar refractivity (Wildman–Crippen MR) is 83.7 cm³/mol. The molecule has 1 heterocycles. The van der Waals surface area contributed by atoms with Crippen molar-refractivity contribution in [3.8, 4) is 0 Å². The van der Waals surface area contributed by atoms with Crippen LogP contribution in [0.5, 0.6) is 0 Å². The summed E-state index contributed by atoms with van der Waals surface area (Å²) in [6, 6.07) is 3.59. The lowest BCUT2D eigenvalue weighted by Gasteiger charge is -2.20. The first-order valence-corrected chi connectivity index (χ1v) is 7.35. The number of carbonyl (C=O) groups is 2. The van der Waals surface area contributed by atoms with E-state index in [-0.39, 0.29) is 18.0 Å². The molecule has 21 heavy (non-hydrogen) atoms. The SMILES string of the molecule is CC(=O)NC1CCN(C(=O)Nc2c(C)ccc(Cl)c2C)C1. The molecule has 6 heteroatoms. The van der Waals surface area contributed by atoms with E-state index in [9.17, 15) is 9.59 Å². The van der Waals surface area contributed by atoms with E-state index < -0.39 is 0 Å². The number of anilines is 1. The van der Waals surface area contributed by atoms with Crippen LogP contribution in [-0.2, 0) is 4.79 Å². The fourth-order valence-corrected chi connectivity index (χ4v) is 2.71. The highest BCUT2D eigenvalue weighted by atomic mass is 35.5. The van der Waals surface area contributed by atoms with Crippen molar-refractivity contribution in [1.29, 1.82) is 0 Å². The minimum absolute atomic E-state index is 0.0369. The van der Waals surface area contributed by atoms with E-state index in [0.717, 1.165) is 23.2 Å². The van der Waals surface area contributed by atoms with Crippen molar-refractivity contribution in [1.82, 2.24) is 10.2 Å². The Labute approximate surface area is 129 Å². The smallest absolute Gasteiger partial charge is 0.321 e. The van der Waals surface area contributed by atoms with Crippen LogP contribution >= 0.6 is 11.6 Å². The Hall–Kier alpha value is -1.75. The van der Waals surface area contributed by atoms with Crippen molar-refractivity contribution in [3.63, 3.8) is 0 Å². The van der Waals surface area contributed by atoms with Crippen LogP contribution in [-0.4, -0.2) is 36.0 Å². The zero-order valence-corrected chi connectivity index (χ0v) is 13.3. The van der Waals surface area contributed by atoms with Crippen LogP contribution in [0.1, 0.15) is 24.5 Å². The van der Waals surface area contributed by atoms with Crippen molar-refractivity contribution in [2.24, 2.45) is 0 Å². The lowest BCUT2D eigenvalue weighted by Crippen LogP contribution is -2.39. The van der Waals surface area contributed by atoms with Gasteiger partial charge in [0.2, 0.25) is 5.91 Å². The number of nitrogens with zero attached hydrogens (tertiary/aromatic N) is 1. The molecule has 0 aliphatic carbocycles. The fourth-order valence-electron chi connectivity index (χ4n) is 2.55. The van der Waals surface area contributed by atoms with Gasteiger partial charge in [-0.15, -0.1) is 0 Å². The molecule has 1 aromatic rings. The van der Waals surface area contributed by atoms with Gasteiger partial charge < -0.3 is 15.5 Å². The maximum absolute atomic E-state index is 12.3. The van der Waals surface area contributed by atoms with Gasteiger partial charge in [-0.25, -0.2) is 4.79 Å². The summed E-state index contributed by atoms with van der Waals surface area (Å²) in [6.07, 6.45) is 0.778. The Morgan fingerprint density at radius 3 is 2.71 bits per heavy atom. The number of likely N-dealkylation sites (tertiary alicyclic amines) is 1. The van der Waals surface area contributed by atoms with Crippen LogP contribution in [0.3, 0.4) is 0 Å². The molecule has 0 bridgehead atoms. The van der Waals surface area contributed by atoms with Gasteiger partial charge in [-0.05, 0) is 37.5 Å². The third kappa shape index (κ3) is 3.67. The van der Waals surface area contributed by atoms with E-state index in [2.05, 4.69) is 10.6 Å². The molecule has 1 aromatic carbocycles. The molecular weight excluding hydrogens is 290 g/mol. The van der Waals surface area contributed by atoms with Gasteiger partial charge in [0, 0.05) is 36.8 Å². The average molecular weight is 310 g/mol. The van der Waals surface area contributed by atoms with Crippen molar-refractivity contribution in [2.45, 2.75) is 33.2 Å². The number of nitrogens with one attached hydrogen (secondary N) is 2. The highest BCUT2D eigenvalue weighted by molar-refractivity contribution is 6.31. The average Bonchev–Trinajstić information content (AvgIpc) is 2.86. The van der Waals surface area contributed by atoms with Gasteiger partial charge >= 0.3 is 6.03 Å². The molecule has 0 saturated carbocycles. The molecule has 1 fully saturated rings. The van der Waals surface area contributed by atoms with Crippen LogP contribution in [0.15, 0.2) is 12.1 Å². The summed E-state index contributed by atoms with van der Waals surface area (Å²) in [7, 11) is 0. The molecule has 1 unspecified atom stereocenters. The molecule has 114 valence electrons. The molecule has 0 aromatic heterocycles. The lowest BCUT2D eigenvalue weighted by molar-refractivity contribution is -0.119. The van der Waals surface area contributed by atoms with E-state index in [0.29, 0.717) is 18.1 Å². The highest BCUT2D eigenvalue weighted by Gasteiger charge is 2.27. The largest absolute Gasteiger partial charge is 0.352 e. The molecule has 2 rings (SSSR count). The maximum atomic E-state index is 12.3.